The van der Waals surface area contributed by atoms with E-state index in [9.17, 15) is 0 Å². The van der Waals surface area contributed by atoms with Gasteiger partial charge in [0.05, 0.1) is 12.5 Å². The molecule has 2 aromatic heterocycles. The minimum atomic E-state index is 0.719. The number of hydrogen-bond donors (Lipinski definition) is 0. The van der Waals surface area contributed by atoms with Crippen molar-refractivity contribution in [3.05, 3.63) is 48.3 Å². The lowest BCUT2D eigenvalue weighted by atomic mass is 10.3. The fraction of sp³-hybridized carbons (Fsp3) is 0.167. The summed E-state index contributed by atoms with van der Waals surface area (Å²) in [6.45, 7) is 3.69. The van der Waals surface area contributed by atoms with Crippen LogP contribution in [0.15, 0.2) is 55.8 Å². The summed E-state index contributed by atoms with van der Waals surface area (Å²) in [6.07, 6.45) is 3.22. The van der Waals surface area contributed by atoms with E-state index in [4.69, 9.17) is 8.83 Å². The Hall–Kier alpha value is -2.10. The predicted octanol–water partition coefficient (Wildman–Crippen LogP) is 3.11. The highest BCUT2D eigenvalue weighted by molar-refractivity contribution is 5.99. The summed E-state index contributed by atoms with van der Waals surface area (Å²) in [5, 5.41) is 8.15. The lowest BCUT2D eigenvalue weighted by molar-refractivity contribution is 0.555. The molecule has 0 fully saturated rings. The molecule has 0 saturated carbocycles. The van der Waals surface area contributed by atoms with Crippen molar-refractivity contribution in [2.75, 3.05) is 0 Å². The fourth-order valence-corrected chi connectivity index (χ4v) is 1.22. The molecule has 0 bridgehead atoms. The van der Waals surface area contributed by atoms with Crippen molar-refractivity contribution in [3.63, 3.8) is 0 Å². The van der Waals surface area contributed by atoms with Gasteiger partial charge >= 0.3 is 0 Å². The smallest absolute Gasteiger partial charge is 0.149 e. The molecule has 2 heterocycles. The summed E-state index contributed by atoms with van der Waals surface area (Å²) in [6, 6.07) is 7.32. The average Bonchev–Trinajstić information content (AvgIpc) is 2.95. The van der Waals surface area contributed by atoms with Gasteiger partial charge in [-0.3, -0.25) is 0 Å². The third-order valence-electron chi connectivity index (χ3n) is 2.11. The summed E-state index contributed by atoms with van der Waals surface area (Å²) in [5.41, 5.74) is 1.46. The fourth-order valence-electron chi connectivity index (χ4n) is 1.22. The molecule has 0 aliphatic carbocycles. The number of rotatable bonds is 3. The highest BCUT2D eigenvalue weighted by atomic mass is 16.3. The van der Waals surface area contributed by atoms with Crippen LogP contribution < -0.4 is 0 Å². The van der Waals surface area contributed by atoms with Gasteiger partial charge in [-0.1, -0.05) is 0 Å². The van der Waals surface area contributed by atoms with Gasteiger partial charge in [0.2, 0.25) is 0 Å². The quantitative estimate of drug-likeness (QED) is 0.584. The predicted molar refractivity (Wildman–Crippen MR) is 61.8 cm³/mol. The third kappa shape index (κ3) is 2.28. The topological polar surface area (TPSA) is 51.0 Å². The second-order valence-electron chi connectivity index (χ2n) is 3.33. The van der Waals surface area contributed by atoms with Gasteiger partial charge in [0.1, 0.15) is 22.9 Å². The van der Waals surface area contributed by atoms with Crippen molar-refractivity contribution in [2.45, 2.75) is 13.8 Å². The molecule has 0 aromatic carbocycles. The van der Waals surface area contributed by atoms with Crippen molar-refractivity contribution in [2.24, 2.45) is 10.2 Å². The highest BCUT2D eigenvalue weighted by Crippen LogP contribution is 2.05. The van der Waals surface area contributed by atoms with Crippen LogP contribution >= 0.6 is 0 Å². The van der Waals surface area contributed by atoms with Crippen molar-refractivity contribution in [3.8, 4) is 0 Å². The van der Waals surface area contributed by atoms with Crippen LogP contribution in [0.25, 0.3) is 0 Å². The van der Waals surface area contributed by atoms with Crippen LogP contribution in [0.4, 0.5) is 0 Å². The SMILES string of the molecule is C/C(=N/N=C(/C)c1ccco1)c1ccco1. The van der Waals surface area contributed by atoms with Crippen LogP contribution in [-0.4, -0.2) is 11.4 Å². The van der Waals surface area contributed by atoms with Gasteiger partial charge in [0, 0.05) is 0 Å². The standard InChI is InChI=1S/C12H12N2O2/c1-9(11-5-3-7-15-11)13-14-10(2)12-6-4-8-16-12/h3-8H,1-2H3/b13-9-,14-10-. The van der Waals surface area contributed by atoms with Gasteiger partial charge in [-0.2, -0.15) is 10.2 Å². The number of hydrogen-bond acceptors (Lipinski definition) is 4. The van der Waals surface area contributed by atoms with Gasteiger partial charge in [-0.05, 0) is 38.1 Å². The molecule has 0 spiro atoms. The van der Waals surface area contributed by atoms with E-state index >= 15 is 0 Å². The molecule has 82 valence electrons. The zero-order valence-corrected chi connectivity index (χ0v) is 9.18. The molecule has 0 saturated heterocycles. The Bertz CT molecular complexity index is 445. The molecule has 0 atom stereocenters. The van der Waals surface area contributed by atoms with Gasteiger partial charge in [-0.25, -0.2) is 0 Å². The Morgan fingerprint density at radius 2 is 1.31 bits per heavy atom. The van der Waals surface area contributed by atoms with Crippen molar-refractivity contribution in [1.82, 2.24) is 0 Å². The van der Waals surface area contributed by atoms with Crippen LogP contribution in [0.2, 0.25) is 0 Å². The van der Waals surface area contributed by atoms with Crippen molar-refractivity contribution in [1.29, 1.82) is 0 Å². The van der Waals surface area contributed by atoms with Gasteiger partial charge in [0.15, 0.2) is 0 Å². The maximum Gasteiger partial charge on any atom is 0.149 e. The first-order valence-corrected chi connectivity index (χ1v) is 4.94. The Balaban J connectivity index is 2.17. The first kappa shape index (κ1) is 10.4. The molecule has 0 radical (unpaired) electrons. The van der Waals surface area contributed by atoms with Crippen LogP contribution in [0, 0.1) is 0 Å². The first-order valence-electron chi connectivity index (χ1n) is 4.94. The third-order valence-corrected chi connectivity index (χ3v) is 2.11. The molecule has 4 nitrogen and oxygen atoms in total. The molecule has 0 amide bonds. The maximum absolute atomic E-state index is 5.19. The molecule has 2 rings (SSSR count). The van der Waals surface area contributed by atoms with E-state index in [1.54, 1.807) is 12.5 Å². The van der Waals surface area contributed by atoms with Gasteiger partial charge < -0.3 is 8.83 Å². The Morgan fingerprint density at radius 1 is 0.875 bits per heavy atom. The van der Waals surface area contributed by atoms with Gasteiger partial charge in [-0.15, -0.1) is 0 Å². The lowest BCUT2D eigenvalue weighted by Crippen LogP contribution is -1.94. The molecule has 2 aromatic rings. The molecule has 0 aliphatic rings. The highest BCUT2D eigenvalue weighted by Gasteiger charge is 2.01. The summed E-state index contributed by atoms with van der Waals surface area (Å²) < 4.78 is 10.4. The molecule has 4 heteroatoms. The van der Waals surface area contributed by atoms with E-state index < -0.39 is 0 Å². The van der Waals surface area contributed by atoms with Crippen molar-refractivity contribution < 1.29 is 8.83 Å². The maximum atomic E-state index is 5.19. The Labute approximate surface area is 93.3 Å². The second-order valence-corrected chi connectivity index (χ2v) is 3.33. The van der Waals surface area contributed by atoms with E-state index in [1.807, 2.05) is 38.1 Å². The lowest BCUT2D eigenvalue weighted by Gasteiger charge is -1.93. The molecular weight excluding hydrogens is 204 g/mol. The molecule has 0 unspecified atom stereocenters. The zero-order chi connectivity index (χ0) is 11.4. The second kappa shape index (κ2) is 4.61. The number of nitrogens with zero attached hydrogens (tertiary/aromatic N) is 2. The molecule has 0 N–H and O–H groups in total. The van der Waals surface area contributed by atoms with Crippen molar-refractivity contribution >= 4 is 11.4 Å². The summed E-state index contributed by atoms with van der Waals surface area (Å²) in [7, 11) is 0. The van der Waals surface area contributed by atoms with E-state index in [-0.39, 0.29) is 0 Å². The van der Waals surface area contributed by atoms with E-state index in [2.05, 4.69) is 10.2 Å². The Morgan fingerprint density at radius 3 is 1.62 bits per heavy atom. The first-order chi connectivity index (χ1) is 7.77. The van der Waals surface area contributed by atoms with Crippen LogP contribution in [0.3, 0.4) is 0 Å². The monoisotopic (exact) mass is 216 g/mol. The molecular formula is C12H12N2O2. The Kier molecular flexibility index (Phi) is 3.00. The number of furan rings is 2. The molecule has 16 heavy (non-hydrogen) atoms. The minimum absolute atomic E-state index is 0.719. The normalized spacial score (nSPS) is 13.1. The summed E-state index contributed by atoms with van der Waals surface area (Å²) in [5.74, 6) is 1.44. The largest absolute Gasteiger partial charge is 0.463 e. The van der Waals surface area contributed by atoms with Crippen LogP contribution in [0.1, 0.15) is 25.4 Å². The van der Waals surface area contributed by atoms with Crippen LogP contribution in [0.5, 0.6) is 0 Å². The van der Waals surface area contributed by atoms with Gasteiger partial charge in [0.25, 0.3) is 0 Å². The van der Waals surface area contributed by atoms with Crippen LogP contribution in [-0.2, 0) is 0 Å². The van der Waals surface area contributed by atoms with E-state index in [1.165, 1.54) is 0 Å². The van der Waals surface area contributed by atoms with E-state index in [0.29, 0.717) is 0 Å². The molecule has 0 aliphatic heterocycles. The summed E-state index contributed by atoms with van der Waals surface area (Å²) >= 11 is 0. The summed E-state index contributed by atoms with van der Waals surface area (Å²) in [4.78, 5) is 0. The minimum Gasteiger partial charge on any atom is -0.463 e. The van der Waals surface area contributed by atoms with E-state index in [0.717, 1.165) is 22.9 Å². The average molecular weight is 216 g/mol. The zero-order valence-electron chi connectivity index (χ0n) is 9.18.